The normalized spacial score (nSPS) is 17.3. The maximum absolute atomic E-state index is 12.9. The highest BCUT2D eigenvalue weighted by atomic mass is 16.2. The highest BCUT2D eigenvalue weighted by molar-refractivity contribution is 5.95. The molecule has 0 bridgehead atoms. The van der Waals surface area contributed by atoms with Crippen LogP contribution < -0.4 is 0 Å². The molecule has 0 N–H and O–H groups in total. The van der Waals surface area contributed by atoms with E-state index >= 15 is 0 Å². The zero-order valence-corrected chi connectivity index (χ0v) is 15.7. The van der Waals surface area contributed by atoms with Crippen LogP contribution in [0.25, 0.3) is 22.9 Å². The minimum atomic E-state index is -0.0409. The van der Waals surface area contributed by atoms with Crippen molar-refractivity contribution in [2.75, 3.05) is 6.54 Å². The van der Waals surface area contributed by atoms with E-state index in [9.17, 15) is 9.59 Å². The van der Waals surface area contributed by atoms with Gasteiger partial charge in [0.2, 0.25) is 5.91 Å². The van der Waals surface area contributed by atoms with Gasteiger partial charge in [0, 0.05) is 42.4 Å². The van der Waals surface area contributed by atoms with Gasteiger partial charge in [0.15, 0.2) is 0 Å². The number of benzene rings is 1. The molecular weight excluding hydrogens is 350 g/mol. The zero-order chi connectivity index (χ0) is 19.3. The minimum absolute atomic E-state index is 0.0147. The van der Waals surface area contributed by atoms with Gasteiger partial charge in [-0.25, -0.2) is 4.52 Å². The lowest BCUT2D eigenvalue weighted by Gasteiger charge is -2.34. The Morgan fingerprint density at radius 1 is 1.11 bits per heavy atom. The molecular formula is C23H23N3O2. The molecule has 3 heterocycles. The van der Waals surface area contributed by atoms with E-state index in [1.54, 1.807) is 6.08 Å². The number of carbonyl (C=O) groups excluding carboxylic acids is 2. The number of fused-ring (bicyclic) bond motifs is 1. The Hall–Kier alpha value is -3.21. The van der Waals surface area contributed by atoms with Crippen LogP contribution in [0.15, 0.2) is 60.8 Å². The van der Waals surface area contributed by atoms with E-state index in [1.807, 2.05) is 70.2 Å². The van der Waals surface area contributed by atoms with Gasteiger partial charge in [-0.15, -0.1) is 0 Å². The summed E-state index contributed by atoms with van der Waals surface area (Å²) in [5.41, 5.74) is 3.73. The van der Waals surface area contributed by atoms with Crippen LogP contribution in [0.4, 0.5) is 0 Å². The van der Waals surface area contributed by atoms with Crippen molar-refractivity contribution in [3.05, 3.63) is 66.4 Å². The van der Waals surface area contributed by atoms with E-state index in [0.29, 0.717) is 13.0 Å². The predicted molar refractivity (Wildman–Crippen MR) is 110 cm³/mol. The summed E-state index contributed by atoms with van der Waals surface area (Å²) in [7, 11) is 0. The summed E-state index contributed by atoms with van der Waals surface area (Å²) in [5.74, 6) is -0.0409. The maximum atomic E-state index is 12.9. The van der Waals surface area contributed by atoms with Gasteiger partial charge in [-0.1, -0.05) is 36.4 Å². The van der Waals surface area contributed by atoms with E-state index in [0.717, 1.165) is 47.9 Å². The molecule has 0 saturated carbocycles. The van der Waals surface area contributed by atoms with Crippen LogP contribution in [0, 0.1) is 0 Å². The van der Waals surface area contributed by atoms with Crippen LogP contribution in [-0.4, -0.2) is 39.3 Å². The highest BCUT2D eigenvalue weighted by Gasteiger charge is 2.25. The molecule has 142 valence electrons. The number of likely N-dealkylation sites (tertiary alicyclic amines) is 1. The molecule has 0 aliphatic carbocycles. The number of amides is 1. The smallest absolute Gasteiger partial charge is 0.246 e. The van der Waals surface area contributed by atoms with E-state index in [4.69, 9.17) is 5.10 Å². The molecule has 1 atom stereocenters. The first kappa shape index (κ1) is 18.2. The summed E-state index contributed by atoms with van der Waals surface area (Å²) in [5, 5.41) is 4.71. The Morgan fingerprint density at radius 2 is 1.93 bits per heavy atom. The van der Waals surface area contributed by atoms with Gasteiger partial charge < -0.3 is 9.69 Å². The van der Waals surface area contributed by atoms with Crippen LogP contribution >= 0.6 is 0 Å². The van der Waals surface area contributed by atoms with Gasteiger partial charge in [0.1, 0.15) is 12.0 Å². The molecule has 0 unspecified atom stereocenters. The Kier molecular flexibility index (Phi) is 5.33. The van der Waals surface area contributed by atoms with Crippen molar-refractivity contribution >= 4 is 23.8 Å². The van der Waals surface area contributed by atoms with Gasteiger partial charge in [-0.05, 0) is 37.5 Å². The van der Waals surface area contributed by atoms with Gasteiger partial charge in [-0.2, -0.15) is 5.10 Å². The standard InChI is InChI=1S/C23H23N3O2/c27-17-14-19-10-4-6-15-25(19)22(28)13-12-20-21-11-5-7-16-26(21)24-23(20)18-8-2-1-3-9-18/h1-3,5,7-9,11-13,16-17,19H,4,6,10,14-15H2/b13-12+/t19-/m1/s1. The number of aldehydes is 1. The Morgan fingerprint density at radius 3 is 2.75 bits per heavy atom. The van der Waals surface area contributed by atoms with E-state index in [1.165, 1.54) is 0 Å². The lowest BCUT2D eigenvalue weighted by atomic mass is 9.99. The molecule has 1 saturated heterocycles. The monoisotopic (exact) mass is 373 g/mol. The van der Waals surface area contributed by atoms with Crippen molar-refractivity contribution in [1.29, 1.82) is 0 Å². The van der Waals surface area contributed by atoms with Crippen LogP contribution in [-0.2, 0) is 9.59 Å². The van der Waals surface area contributed by atoms with Crippen molar-refractivity contribution in [3.8, 4) is 11.3 Å². The van der Waals surface area contributed by atoms with Gasteiger partial charge in [-0.3, -0.25) is 4.79 Å². The summed E-state index contributed by atoms with van der Waals surface area (Å²) in [6.45, 7) is 0.710. The van der Waals surface area contributed by atoms with Crippen LogP contribution in [0.3, 0.4) is 0 Å². The molecule has 1 amide bonds. The van der Waals surface area contributed by atoms with E-state index < -0.39 is 0 Å². The van der Waals surface area contributed by atoms with E-state index in [-0.39, 0.29) is 11.9 Å². The van der Waals surface area contributed by atoms with Gasteiger partial charge in [0.25, 0.3) is 0 Å². The second-order valence-electron chi connectivity index (χ2n) is 7.08. The Bertz CT molecular complexity index is 1010. The lowest BCUT2D eigenvalue weighted by Crippen LogP contribution is -2.43. The molecule has 28 heavy (non-hydrogen) atoms. The summed E-state index contributed by atoms with van der Waals surface area (Å²) < 4.78 is 1.84. The zero-order valence-electron chi connectivity index (χ0n) is 15.7. The molecule has 4 rings (SSSR count). The quantitative estimate of drug-likeness (QED) is 0.502. The fraction of sp³-hybridized carbons (Fsp3) is 0.261. The third-order valence-electron chi connectivity index (χ3n) is 5.30. The molecule has 1 aliphatic heterocycles. The molecule has 5 heteroatoms. The maximum Gasteiger partial charge on any atom is 0.246 e. The minimum Gasteiger partial charge on any atom is -0.336 e. The van der Waals surface area contributed by atoms with Crippen molar-refractivity contribution in [3.63, 3.8) is 0 Å². The van der Waals surface area contributed by atoms with Crippen LogP contribution in [0.2, 0.25) is 0 Å². The largest absolute Gasteiger partial charge is 0.336 e. The second-order valence-corrected chi connectivity index (χ2v) is 7.08. The van der Waals surface area contributed by atoms with Crippen LogP contribution in [0.5, 0.6) is 0 Å². The summed E-state index contributed by atoms with van der Waals surface area (Å²) in [6, 6.07) is 15.9. The first-order valence-corrected chi connectivity index (χ1v) is 9.73. The van der Waals surface area contributed by atoms with Crippen molar-refractivity contribution in [2.24, 2.45) is 0 Å². The number of carbonyl (C=O) groups is 2. The average molecular weight is 373 g/mol. The molecule has 1 aromatic carbocycles. The molecule has 0 spiro atoms. The number of hydrogen-bond acceptors (Lipinski definition) is 3. The second kappa shape index (κ2) is 8.21. The highest BCUT2D eigenvalue weighted by Crippen LogP contribution is 2.27. The summed E-state index contributed by atoms with van der Waals surface area (Å²) >= 11 is 0. The Labute approximate surface area is 164 Å². The number of aromatic nitrogens is 2. The summed E-state index contributed by atoms with van der Waals surface area (Å²) in [4.78, 5) is 25.7. The number of hydrogen-bond donors (Lipinski definition) is 0. The average Bonchev–Trinajstić information content (AvgIpc) is 3.12. The van der Waals surface area contributed by atoms with Gasteiger partial charge in [0.05, 0.1) is 5.52 Å². The van der Waals surface area contributed by atoms with Gasteiger partial charge >= 0.3 is 0 Å². The molecule has 0 radical (unpaired) electrons. The number of rotatable bonds is 5. The van der Waals surface area contributed by atoms with Crippen molar-refractivity contribution < 1.29 is 9.59 Å². The predicted octanol–water partition coefficient (Wildman–Crippen LogP) is 3.98. The molecule has 1 aliphatic rings. The number of piperidine rings is 1. The van der Waals surface area contributed by atoms with Crippen molar-refractivity contribution in [1.82, 2.24) is 14.5 Å². The first-order valence-electron chi connectivity index (χ1n) is 9.73. The van der Waals surface area contributed by atoms with E-state index in [2.05, 4.69) is 0 Å². The first-order chi connectivity index (χ1) is 13.8. The topological polar surface area (TPSA) is 54.7 Å². The molecule has 1 fully saturated rings. The van der Waals surface area contributed by atoms with Crippen molar-refractivity contribution in [2.45, 2.75) is 31.7 Å². The molecule has 3 aromatic rings. The molecule has 5 nitrogen and oxygen atoms in total. The lowest BCUT2D eigenvalue weighted by molar-refractivity contribution is -0.130. The van der Waals surface area contributed by atoms with Crippen LogP contribution in [0.1, 0.15) is 31.2 Å². The third-order valence-corrected chi connectivity index (χ3v) is 5.30. The Balaban J connectivity index is 1.69. The SMILES string of the molecule is O=CC[C@H]1CCCCN1C(=O)/C=C/c1c(-c2ccccc2)nn2ccccc12. The summed E-state index contributed by atoms with van der Waals surface area (Å²) in [6.07, 6.45) is 9.67. The third kappa shape index (κ3) is 3.60. The fourth-order valence-corrected chi connectivity index (χ4v) is 3.89. The number of nitrogens with zero attached hydrogens (tertiary/aromatic N) is 3. The fourth-order valence-electron chi connectivity index (χ4n) is 3.89. The number of pyridine rings is 1. The molecule has 2 aromatic heterocycles.